The van der Waals surface area contributed by atoms with Crippen LogP contribution in [0.15, 0.2) is 30.3 Å². The van der Waals surface area contributed by atoms with E-state index < -0.39 is 23.7 Å². The number of piperidine rings is 1. The third-order valence-electron chi connectivity index (χ3n) is 6.02. The number of ether oxygens (including phenoxy) is 2. The van der Waals surface area contributed by atoms with E-state index in [2.05, 4.69) is 0 Å². The summed E-state index contributed by atoms with van der Waals surface area (Å²) in [4.78, 5) is 41.3. The van der Waals surface area contributed by atoms with Crippen molar-refractivity contribution in [3.8, 4) is 0 Å². The van der Waals surface area contributed by atoms with Crippen LogP contribution in [-0.4, -0.2) is 83.0 Å². The molecule has 2 saturated heterocycles. The van der Waals surface area contributed by atoms with E-state index >= 15 is 0 Å². The lowest BCUT2D eigenvalue weighted by Gasteiger charge is -2.40. The van der Waals surface area contributed by atoms with Gasteiger partial charge in [0.1, 0.15) is 19.4 Å². The van der Waals surface area contributed by atoms with Gasteiger partial charge in [-0.15, -0.1) is 0 Å². The van der Waals surface area contributed by atoms with Crippen LogP contribution in [0, 0.1) is 5.92 Å². The summed E-state index contributed by atoms with van der Waals surface area (Å²) in [5, 5.41) is 9.44. The number of likely N-dealkylation sites (tertiary alicyclic amines) is 1. The van der Waals surface area contributed by atoms with Gasteiger partial charge in [0.15, 0.2) is 0 Å². The molecule has 1 N–H and O–H groups in total. The van der Waals surface area contributed by atoms with Crippen LogP contribution in [0.4, 0.5) is 9.59 Å². The number of hydrogen-bond acceptors (Lipinski definition) is 5. The fourth-order valence-electron chi connectivity index (χ4n) is 4.23. The fraction of sp³-hybridized carbons (Fsp3) is 0.591. The maximum Gasteiger partial charge on any atom is 0.412 e. The molecule has 2 aliphatic heterocycles. The highest BCUT2D eigenvalue weighted by Gasteiger charge is 2.45. The van der Waals surface area contributed by atoms with Crippen molar-refractivity contribution in [2.24, 2.45) is 5.92 Å². The van der Waals surface area contributed by atoms with Crippen LogP contribution in [-0.2, 0) is 20.9 Å². The van der Waals surface area contributed by atoms with Gasteiger partial charge in [-0.2, -0.15) is 0 Å². The third kappa shape index (κ3) is 5.28. The van der Waals surface area contributed by atoms with E-state index in [1.54, 1.807) is 23.6 Å². The second-order valence-corrected chi connectivity index (χ2v) is 8.60. The predicted octanol–water partition coefficient (Wildman–Crippen LogP) is 2.61. The number of amides is 3. The molecule has 9 heteroatoms. The van der Waals surface area contributed by atoms with Crippen LogP contribution in [0.1, 0.15) is 32.3 Å². The van der Waals surface area contributed by atoms with Gasteiger partial charge in [-0.25, -0.2) is 14.4 Å². The second-order valence-electron chi connectivity index (χ2n) is 8.60. The number of hydrogen-bond donors (Lipinski definition) is 1. The Hall–Kier alpha value is -2.81. The molecule has 0 radical (unpaired) electrons. The molecular formula is C22H31N3O6. The molecule has 170 valence electrons. The number of nitrogens with zero attached hydrogens (tertiary/aromatic N) is 3. The van der Waals surface area contributed by atoms with Crippen LogP contribution in [0.2, 0.25) is 0 Å². The molecule has 0 saturated carbocycles. The smallest absolute Gasteiger partial charge is 0.412 e. The Kier molecular flexibility index (Phi) is 7.04. The highest BCUT2D eigenvalue weighted by Crippen LogP contribution is 2.33. The SMILES string of the molecule is CC(C)[C@@H](C(=O)O)N(C)C(=O)N1CCC2(CC1)CN(C(=O)OCc1ccccc1)CO2. The van der Waals surface area contributed by atoms with E-state index in [9.17, 15) is 19.5 Å². The average molecular weight is 434 g/mol. The fourth-order valence-corrected chi connectivity index (χ4v) is 4.23. The summed E-state index contributed by atoms with van der Waals surface area (Å²) in [5.41, 5.74) is 0.424. The first-order valence-electron chi connectivity index (χ1n) is 10.6. The molecule has 1 atom stereocenters. The van der Waals surface area contributed by atoms with Gasteiger partial charge in [0, 0.05) is 20.1 Å². The molecule has 9 nitrogen and oxygen atoms in total. The summed E-state index contributed by atoms with van der Waals surface area (Å²) < 4.78 is 11.3. The molecule has 3 rings (SSSR count). The van der Waals surface area contributed by atoms with Crippen molar-refractivity contribution < 1.29 is 29.0 Å². The molecule has 0 aromatic heterocycles. The normalized spacial score (nSPS) is 18.8. The number of benzene rings is 1. The van der Waals surface area contributed by atoms with E-state index in [0.29, 0.717) is 32.5 Å². The number of rotatable bonds is 5. The summed E-state index contributed by atoms with van der Waals surface area (Å²) >= 11 is 0. The summed E-state index contributed by atoms with van der Waals surface area (Å²) in [7, 11) is 1.53. The summed E-state index contributed by atoms with van der Waals surface area (Å²) in [6, 6.07) is 8.31. The number of urea groups is 1. The zero-order valence-electron chi connectivity index (χ0n) is 18.3. The van der Waals surface area contributed by atoms with Crippen molar-refractivity contribution in [2.45, 2.75) is 44.9 Å². The lowest BCUT2D eigenvalue weighted by Crippen LogP contribution is -2.55. The quantitative estimate of drug-likeness (QED) is 0.766. The highest BCUT2D eigenvalue weighted by atomic mass is 16.6. The molecule has 0 aliphatic carbocycles. The van der Waals surface area contributed by atoms with Gasteiger partial charge in [-0.1, -0.05) is 44.2 Å². The molecule has 2 aliphatic rings. The first kappa shape index (κ1) is 22.9. The molecular weight excluding hydrogens is 402 g/mol. The van der Waals surface area contributed by atoms with Crippen LogP contribution < -0.4 is 0 Å². The van der Waals surface area contributed by atoms with Gasteiger partial charge >= 0.3 is 18.1 Å². The number of carboxylic acids is 1. The van der Waals surface area contributed by atoms with Crippen molar-refractivity contribution in [3.63, 3.8) is 0 Å². The van der Waals surface area contributed by atoms with Crippen molar-refractivity contribution in [2.75, 3.05) is 33.4 Å². The topological polar surface area (TPSA) is 99.6 Å². The Balaban J connectivity index is 1.50. The van der Waals surface area contributed by atoms with E-state index in [-0.39, 0.29) is 25.3 Å². The van der Waals surface area contributed by atoms with Crippen LogP contribution in [0.25, 0.3) is 0 Å². The first-order chi connectivity index (χ1) is 14.7. The third-order valence-corrected chi connectivity index (χ3v) is 6.02. The Morgan fingerprint density at radius 3 is 2.39 bits per heavy atom. The molecule has 1 spiro atoms. The van der Waals surface area contributed by atoms with E-state index in [4.69, 9.17) is 9.47 Å². The number of carbonyl (C=O) groups is 3. The monoisotopic (exact) mass is 433 g/mol. The number of carbonyl (C=O) groups excluding carboxylic acids is 2. The average Bonchev–Trinajstić information content (AvgIpc) is 3.16. The largest absolute Gasteiger partial charge is 0.480 e. The van der Waals surface area contributed by atoms with Crippen molar-refractivity contribution >= 4 is 18.1 Å². The van der Waals surface area contributed by atoms with E-state index in [1.807, 2.05) is 30.3 Å². The zero-order chi connectivity index (χ0) is 22.6. The predicted molar refractivity (Wildman–Crippen MR) is 112 cm³/mol. The molecule has 2 fully saturated rings. The Morgan fingerprint density at radius 2 is 1.81 bits per heavy atom. The lowest BCUT2D eigenvalue weighted by atomic mass is 9.91. The van der Waals surface area contributed by atoms with Gasteiger partial charge in [-0.3, -0.25) is 4.90 Å². The van der Waals surface area contributed by atoms with E-state index in [1.165, 1.54) is 11.9 Å². The molecule has 1 aromatic carbocycles. The lowest BCUT2D eigenvalue weighted by molar-refractivity contribution is -0.143. The van der Waals surface area contributed by atoms with Crippen LogP contribution in [0.5, 0.6) is 0 Å². The number of carboxylic acid groups (broad SMARTS) is 1. The molecule has 1 aromatic rings. The van der Waals surface area contributed by atoms with Crippen LogP contribution in [0.3, 0.4) is 0 Å². The van der Waals surface area contributed by atoms with E-state index in [0.717, 1.165) is 5.56 Å². The Labute approximate surface area is 182 Å². The summed E-state index contributed by atoms with van der Waals surface area (Å²) in [5.74, 6) is -1.21. The molecule has 2 heterocycles. The second kappa shape index (κ2) is 9.55. The van der Waals surface area contributed by atoms with Gasteiger partial charge < -0.3 is 24.4 Å². The zero-order valence-corrected chi connectivity index (χ0v) is 18.3. The molecule has 0 unspecified atom stereocenters. The standard InChI is InChI=1S/C22H31N3O6/c1-16(2)18(19(26)27)23(3)20(28)24-11-9-22(10-12-24)14-25(15-31-22)21(29)30-13-17-7-5-4-6-8-17/h4-8,16,18H,9-15H2,1-3H3,(H,26,27)/t18-/m0/s1. The van der Waals surface area contributed by atoms with Gasteiger partial charge in [0.2, 0.25) is 0 Å². The minimum Gasteiger partial charge on any atom is -0.480 e. The summed E-state index contributed by atoms with van der Waals surface area (Å²) in [6.07, 6.45) is 0.739. The van der Waals surface area contributed by atoms with Gasteiger partial charge in [0.25, 0.3) is 0 Å². The van der Waals surface area contributed by atoms with Gasteiger partial charge in [0.05, 0.1) is 12.1 Å². The Morgan fingerprint density at radius 1 is 1.16 bits per heavy atom. The minimum absolute atomic E-state index is 0.163. The van der Waals surface area contributed by atoms with Crippen molar-refractivity contribution in [1.82, 2.24) is 14.7 Å². The molecule has 0 bridgehead atoms. The van der Waals surface area contributed by atoms with Crippen LogP contribution >= 0.6 is 0 Å². The maximum atomic E-state index is 12.8. The van der Waals surface area contributed by atoms with Crippen molar-refractivity contribution in [3.05, 3.63) is 35.9 Å². The number of aliphatic carboxylic acids is 1. The first-order valence-corrected chi connectivity index (χ1v) is 10.6. The highest BCUT2D eigenvalue weighted by molar-refractivity contribution is 5.82. The molecule has 3 amide bonds. The van der Waals surface area contributed by atoms with Crippen molar-refractivity contribution in [1.29, 1.82) is 0 Å². The number of likely N-dealkylation sites (N-methyl/N-ethyl adjacent to an activating group) is 1. The minimum atomic E-state index is -1.01. The Bertz CT molecular complexity index is 792. The molecule has 31 heavy (non-hydrogen) atoms. The summed E-state index contributed by atoms with van der Waals surface area (Å²) in [6.45, 7) is 5.24. The maximum absolute atomic E-state index is 12.8. The van der Waals surface area contributed by atoms with Gasteiger partial charge in [-0.05, 0) is 24.3 Å².